The predicted molar refractivity (Wildman–Crippen MR) is 87.7 cm³/mol. The summed E-state index contributed by atoms with van der Waals surface area (Å²) in [4.78, 5) is 0. The Morgan fingerprint density at radius 1 is 0.905 bits per heavy atom. The molecule has 0 aliphatic heterocycles. The van der Waals surface area contributed by atoms with Crippen molar-refractivity contribution in [1.29, 1.82) is 0 Å². The minimum atomic E-state index is 0.592. The lowest BCUT2D eigenvalue weighted by Crippen LogP contribution is -2.05. The Balaban J connectivity index is 1.78. The van der Waals surface area contributed by atoms with Crippen LogP contribution in [0.4, 0.5) is 0 Å². The van der Waals surface area contributed by atoms with E-state index >= 15 is 0 Å². The van der Waals surface area contributed by atoms with Crippen LogP contribution < -0.4 is 14.2 Å². The molecule has 0 saturated heterocycles. The summed E-state index contributed by atoms with van der Waals surface area (Å²) < 4.78 is 16.7. The highest BCUT2D eigenvalue weighted by Crippen LogP contribution is 2.28. The van der Waals surface area contributed by atoms with Gasteiger partial charge in [0.05, 0.1) is 20.3 Å². The van der Waals surface area contributed by atoms with Crippen molar-refractivity contribution in [1.82, 2.24) is 0 Å². The van der Waals surface area contributed by atoms with Gasteiger partial charge in [-0.2, -0.15) is 0 Å². The van der Waals surface area contributed by atoms with Crippen LogP contribution >= 0.6 is 15.9 Å². The molecule has 0 fully saturated rings. The van der Waals surface area contributed by atoms with E-state index in [4.69, 9.17) is 14.2 Å². The third kappa shape index (κ3) is 4.97. The van der Waals surface area contributed by atoms with Crippen molar-refractivity contribution >= 4 is 15.9 Å². The van der Waals surface area contributed by atoms with Crippen LogP contribution in [0.25, 0.3) is 0 Å². The van der Waals surface area contributed by atoms with Crippen LogP contribution in [0.15, 0.2) is 48.5 Å². The van der Waals surface area contributed by atoms with Crippen molar-refractivity contribution in [2.75, 3.05) is 20.3 Å². The Hall–Kier alpha value is -1.68. The minimum Gasteiger partial charge on any atom is -0.493 e. The molecule has 3 nitrogen and oxygen atoms in total. The largest absolute Gasteiger partial charge is 0.493 e. The van der Waals surface area contributed by atoms with Gasteiger partial charge in [0.25, 0.3) is 0 Å². The monoisotopic (exact) mass is 350 g/mol. The smallest absolute Gasteiger partial charge is 0.161 e. The Labute approximate surface area is 134 Å². The molecule has 2 rings (SSSR count). The van der Waals surface area contributed by atoms with Crippen molar-refractivity contribution in [3.8, 4) is 17.2 Å². The zero-order valence-electron chi connectivity index (χ0n) is 12.0. The van der Waals surface area contributed by atoms with Gasteiger partial charge in [-0.3, -0.25) is 0 Å². The van der Waals surface area contributed by atoms with E-state index in [2.05, 4.69) is 15.9 Å². The average Bonchev–Trinajstić information content (AvgIpc) is 2.55. The number of ether oxygens (including phenoxy) is 3. The van der Waals surface area contributed by atoms with E-state index in [-0.39, 0.29) is 0 Å². The fourth-order valence-electron chi connectivity index (χ4n) is 1.86. The van der Waals surface area contributed by atoms with Gasteiger partial charge in [0.2, 0.25) is 0 Å². The lowest BCUT2D eigenvalue weighted by molar-refractivity contribution is 0.240. The molecule has 0 spiro atoms. The van der Waals surface area contributed by atoms with Crippen molar-refractivity contribution in [2.24, 2.45) is 0 Å². The first-order valence-electron chi connectivity index (χ1n) is 6.87. The minimum absolute atomic E-state index is 0.592. The maximum atomic E-state index is 5.78. The number of para-hydroxylation sites is 1. The Morgan fingerprint density at radius 3 is 2.38 bits per heavy atom. The van der Waals surface area contributed by atoms with Crippen LogP contribution in [0, 0.1) is 0 Å². The van der Waals surface area contributed by atoms with E-state index in [9.17, 15) is 0 Å². The molecule has 2 aromatic carbocycles. The molecule has 0 saturated carbocycles. The second kappa shape index (κ2) is 8.57. The van der Waals surface area contributed by atoms with Gasteiger partial charge in [-0.15, -0.1) is 0 Å². The van der Waals surface area contributed by atoms with Gasteiger partial charge in [0, 0.05) is 11.8 Å². The summed E-state index contributed by atoms with van der Waals surface area (Å²) in [6, 6.07) is 15.7. The van der Waals surface area contributed by atoms with Gasteiger partial charge >= 0.3 is 0 Å². The molecule has 0 aliphatic rings. The van der Waals surface area contributed by atoms with Crippen LogP contribution in [0.2, 0.25) is 0 Å². The molecule has 4 heteroatoms. The van der Waals surface area contributed by atoms with Crippen LogP contribution in [-0.2, 0) is 5.33 Å². The number of benzene rings is 2. The first-order valence-corrected chi connectivity index (χ1v) is 7.99. The standard InChI is InChI=1S/C17H19BrO3/c1-19-16-9-8-14(13-18)12-17(16)21-11-5-10-20-15-6-3-2-4-7-15/h2-4,6-9,12H,5,10-11,13H2,1H3. The molecule has 0 N–H and O–H groups in total. The molecule has 0 atom stereocenters. The summed E-state index contributed by atoms with van der Waals surface area (Å²) in [7, 11) is 1.65. The molecule has 0 unspecified atom stereocenters. The second-order valence-corrected chi connectivity index (χ2v) is 5.04. The first-order chi connectivity index (χ1) is 10.3. The first kappa shape index (κ1) is 15.7. The van der Waals surface area contributed by atoms with E-state index in [0.29, 0.717) is 13.2 Å². The normalized spacial score (nSPS) is 10.2. The molecule has 0 heterocycles. The van der Waals surface area contributed by atoms with E-state index in [0.717, 1.165) is 34.6 Å². The van der Waals surface area contributed by atoms with Gasteiger partial charge < -0.3 is 14.2 Å². The summed E-state index contributed by atoms with van der Waals surface area (Å²) in [5.74, 6) is 2.41. The lowest BCUT2D eigenvalue weighted by atomic mass is 10.2. The number of hydrogen-bond donors (Lipinski definition) is 0. The fraction of sp³-hybridized carbons (Fsp3) is 0.294. The van der Waals surface area contributed by atoms with Crippen molar-refractivity contribution in [3.05, 3.63) is 54.1 Å². The summed E-state index contributed by atoms with van der Waals surface area (Å²) in [5.41, 5.74) is 1.16. The molecule has 0 radical (unpaired) electrons. The molecular formula is C17H19BrO3. The quantitative estimate of drug-likeness (QED) is 0.520. The molecule has 21 heavy (non-hydrogen) atoms. The SMILES string of the molecule is COc1ccc(CBr)cc1OCCCOc1ccccc1. The highest BCUT2D eigenvalue weighted by molar-refractivity contribution is 9.08. The van der Waals surface area contributed by atoms with Gasteiger partial charge in [-0.1, -0.05) is 40.2 Å². The maximum Gasteiger partial charge on any atom is 0.161 e. The predicted octanol–water partition coefficient (Wildman–Crippen LogP) is 4.44. The van der Waals surface area contributed by atoms with Gasteiger partial charge in [-0.05, 0) is 29.8 Å². The number of halogens is 1. The number of rotatable bonds is 8. The number of methoxy groups -OCH3 is 1. The van der Waals surface area contributed by atoms with Crippen molar-refractivity contribution in [2.45, 2.75) is 11.8 Å². The van der Waals surface area contributed by atoms with Crippen molar-refractivity contribution in [3.63, 3.8) is 0 Å². The topological polar surface area (TPSA) is 27.7 Å². The molecule has 0 aliphatic carbocycles. The van der Waals surface area contributed by atoms with Gasteiger partial charge in [0.15, 0.2) is 11.5 Å². The molecular weight excluding hydrogens is 332 g/mol. The molecule has 0 amide bonds. The van der Waals surface area contributed by atoms with Crippen LogP contribution in [0.5, 0.6) is 17.2 Å². The van der Waals surface area contributed by atoms with Gasteiger partial charge in [0.1, 0.15) is 5.75 Å². The number of hydrogen-bond acceptors (Lipinski definition) is 3. The summed E-state index contributed by atoms with van der Waals surface area (Å²) >= 11 is 3.44. The summed E-state index contributed by atoms with van der Waals surface area (Å²) in [6.45, 7) is 1.22. The lowest BCUT2D eigenvalue weighted by Gasteiger charge is -2.12. The summed E-state index contributed by atoms with van der Waals surface area (Å²) in [5, 5.41) is 0.796. The molecule has 112 valence electrons. The highest BCUT2D eigenvalue weighted by Gasteiger charge is 2.05. The molecule has 0 bridgehead atoms. The van der Waals surface area contributed by atoms with Crippen LogP contribution in [0.3, 0.4) is 0 Å². The molecule has 2 aromatic rings. The Kier molecular flexibility index (Phi) is 6.41. The van der Waals surface area contributed by atoms with Crippen molar-refractivity contribution < 1.29 is 14.2 Å². The fourth-order valence-corrected chi connectivity index (χ4v) is 2.21. The van der Waals surface area contributed by atoms with E-state index in [1.165, 1.54) is 0 Å². The molecule has 0 aromatic heterocycles. The zero-order chi connectivity index (χ0) is 14.9. The zero-order valence-corrected chi connectivity index (χ0v) is 13.6. The van der Waals surface area contributed by atoms with Crippen LogP contribution in [0.1, 0.15) is 12.0 Å². The van der Waals surface area contributed by atoms with Gasteiger partial charge in [-0.25, -0.2) is 0 Å². The van der Waals surface area contributed by atoms with Crippen LogP contribution in [-0.4, -0.2) is 20.3 Å². The highest BCUT2D eigenvalue weighted by atomic mass is 79.9. The summed E-state index contributed by atoms with van der Waals surface area (Å²) in [6.07, 6.45) is 0.816. The van der Waals surface area contributed by atoms with E-state index in [1.807, 2.05) is 48.5 Å². The Morgan fingerprint density at radius 2 is 1.67 bits per heavy atom. The third-order valence-electron chi connectivity index (χ3n) is 2.94. The average molecular weight is 351 g/mol. The second-order valence-electron chi connectivity index (χ2n) is 4.48. The van der Waals surface area contributed by atoms with E-state index in [1.54, 1.807) is 7.11 Å². The Bertz CT molecular complexity index is 543. The van der Waals surface area contributed by atoms with E-state index < -0.39 is 0 Å². The maximum absolute atomic E-state index is 5.78. The number of alkyl halides is 1. The third-order valence-corrected chi connectivity index (χ3v) is 3.59.